The van der Waals surface area contributed by atoms with Crippen molar-refractivity contribution in [3.63, 3.8) is 0 Å². The van der Waals surface area contributed by atoms with Gasteiger partial charge in [0.2, 0.25) is 5.91 Å². The van der Waals surface area contributed by atoms with Gasteiger partial charge in [-0.3, -0.25) is 19.3 Å². The molecule has 0 spiro atoms. The molecule has 2 amide bonds. The number of carbonyl (C=O) groups excluding carboxylic acids is 2. The Kier molecular flexibility index (Phi) is 5.96. The summed E-state index contributed by atoms with van der Waals surface area (Å²) < 4.78 is 1.70. The van der Waals surface area contributed by atoms with Crippen LogP contribution in [0, 0.1) is 0 Å². The average Bonchev–Trinajstić information content (AvgIpc) is 3.15. The van der Waals surface area contributed by atoms with Crippen LogP contribution >= 0.6 is 0 Å². The summed E-state index contributed by atoms with van der Waals surface area (Å²) in [4.78, 5) is 31.3. The fraction of sp³-hybridized carbons (Fsp3) is 0.444. The van der Waals surface area contributed by atoms with Gasteiger partial charge in [-0.15, -0.1) is 0 Å². The van der Waals surface area contributed by atoms with Crippen LogP contribution in [0.3, 0.4) is 0 Å². The molecule has 1 unspecified atom stereocenters. The molecular formula is C18H24N6O2. The molecule has 26 heavy (non-hydrogen) atoms. The fourth-order valence-electron chi connectivity index (χ4n) is 3.04. The third-order valence-electron chi connectivity index (χ3n) is 4.39. The predicted octanol–water partition coefficient (Wildman–Crippen LogP) is 0.419. The highest BCUT2D eigenvalue weighted by Crippen LogP contribution is 2.12. The molecule has 3 heterocycles. The van der Waals surface area contributed by atoms with Gasteiger partial charge >= 0.3 is 0 Å². The van der Waals surface area contributed by atoms with Crippen LogP contribution in [0.1, 0.15) is 29.4 Å². The van der Waals surface area contributed by atoms with Gasteiger partial charge in [0.15, 0.2) is 0 Å². The Labute approximate surface area is 152 Å². The van der Waals surface area contributed by atoms with Crippen LogP contribution in [0.25, 0.3) is 0 Å². The third kappa shape index (κ3) is 4.08. The molecule has 8 nitrogen and oxygen atoms in total. The molecule has 1 saturated heterocycles. The minimum absolute atomic E-state index is 0.151. The van der Waals surface area contributed by atoms with E-state index >= 15 is 0 Å². The van der Waals surface area contributed by atoms with Crippen LogP contribution in [-0.2, 0) is 17.9 Å². The van der Waals surface area contributed by atoms with Crippen LogP contribution in [-0.4, -0.2) is 57.2 Å². The van der Waals surface area contributed by atoms with Gasteiger partial charge in [-0.1, -0.05) is 6.92 Å². The van der Waals surface area contributed by atoms with Gasteiger partial charge < -0.3 is 15.5 Å². The average molecular weight is 356 g/mol. The number of pyridine rings is 1. The molecular weight excluding hydrogens is 332 g/mol. The molecule has 2 N–H and O–H groups in total. The number of hydrogen-bond acceptors (Lipinski definition) is 5. The van der Waals surface area contributed by atoms with E-state index in [0.29, 0.717) is 38.4 Å². The largest absolute Gasteiger partial charge is 0.350 e. The lowest BCUT2D eigenvalue weighted by molar-refractivity contribution is -0.126. The molecule has 0 radical (unpaired) electrons. The minimum atomic E-state index is -0.539. The SMILES string of the molecule is CCCn1nccc1C(=O)N1CCNCC1C(=O)NCc1ccncc1. The number of rotatable bonds is 6. The third-order valence-corrected chi connectivity index (χ3v) is 4.39. The molecule has 0 saturated carbocycles. The molecule has 2 aromatic heterocycles. The zero-order valence-corrected chi connectivity index (χ0v) is 14.9. The van der Waals surface area contributed by atoms with Gasteiger partial charge in [0.25, 0.3) is 5.91 Å². The van der Waals surface area contributed by atoms with E-state index in [-0.39, 0.29) is 11.8 Å². The molecule has 1 aliphatic heterocycles. The molecule has 0 aliphatic carbocycles. The van der Waals surface area contributed by atoms with Crippen LogP contribution in [0.2, 0.25) is 0 Å². The number of nitrogens with zero attached hydrogens (tertiary/aromatic N) is 4. The second kappa shape index (κ2) is 8.57. The highest BCUT2D eigenvalue weighted by atomic mass is 16.2. The standard InChI is InChI=1S/C18H24N6O2/c1-2-10-24-15(5-8-22-24)18(26)23-11-9-20-13-16(23)17(25)21-12-14-3-6-19-7-4-14/h3-8,16,20H,2,9-13H2,1H3,(H,21,25). The highest BCUT2D eigenvalue weighted by Gasteiger charge is 2.33. The number of piperazine rings is 1. The lowest BCUT2D eigenvalue weighted by atomic mass is 10.1. The lowest BCUT2D eigenvalue weighted by Crippen LogP contribution is -2.59. The van der Waals surface area contributed by atoms with Crippen molar-refractivity contribution in [2.75, 3.05) is 19.6 Å². The van der Waals surface area contributed by atoms with Gasteiger partial charge in [0.1, 0.15) is 11.7 Å². The fourth-order valence-corrected chi connectivity index (χ4v) is 3.04. The number of nitrogens with one attached hydrogen (secondary N) is 2. The lowest BCUT2D eigenvalue weighted by Gasteiger charge is -2.35. The number of hydrogen-bond donors (Lipinski definition) is 2. The van der Waals surface area contributed by atoms with Crippen molar-refractivity contribution in [1.82, 2.24) is 30.3 Å². The van der Waals surface area contributed by atoms with Crippen LogP contribution < -0.4 is 10.6 Å². The first-order valence-corrected chi connectivity index (χ1v) is 8.90. The first-order valence-electron chi connectivity index (χ1n) is 8.90. The van der Waals surface area contributed by atoms with Crippen LogP contribution in [0.4, 0.5) is 0 Å². The normalized spacial score (nSPS) is 17.1. The summed E-state index contributed by atoms with van der Waals surface area (Å²) >= 11 is 0. The van der Waals surface area contributed by atoms with E-state index in [1.54, 1.807) is 34.2 Å². The van der Waals surface area contributed by atoms with E-state index in [1.807, 2.05) is 19.1 Å². The summed E-state index contributed by atoms with van der Waals surface area (Å²) in [6, 6.07) is 4.88. The molecule has 1 fully saturated rings. The summed E-state index contributed by atoms with van der Waals surface area (Å²) in [6.45, 7) is 4.73. The zero-order valence-electron chi connectivity index (χ0n) is 14.9. The van der Waals surface area contributed by atoms with Gasteiger partial charge in [0, 0.05) is 51.3 Å². The molecule has 0 bridgehead atoms. The summed E-state index contributed by atoms with van der Waals surface area (Å²) in [5.41, 5.74) is 1.50. The Morgan fingerprint density at radius 1 is 1.27 bits per heavy atom. The molecule has 1 atom stereocenters. The van der Waals surface area contributed by atoms with Crippen molar-refractivity contribution in [3.8, 4) is 0 Å². The van der Waals surface area contributed by atoms with Crippen molar-refractivity contribution in [2.24, 2.45) is 0 Å². The van der Waals surface area contributed by atoms with Gasteiger partial charge in [-0.05, 0) is 30.2 Å². The maximum atomic E-state index is 13.0. The molecule has 2 aromatic rings. The van der Waals surface area contributed by atoms with E-state index < -0.39 is 6.04 Å². The molecule has 3 rings (SSSR count). The molecule has 8 heteroatoms. The summed E-state index contributed by atoms with van der Waals surface area (Å²) in [7, 11) is 0. The van der Waals surface area contributed by atoms with E-state index in [9.17, 15) is 9.59 Å². The number of amides is 2. The minimum Gasteiger partial charge on any atom is -0.350 e. The first kappa shape index (κ1) is 18.1. The second-order valence-corrected chi connectivity index (χ2v) is 6.23. The Balaban J connectivity index is 1.69. The number of carbonyl (C=O) groups is 2. The van der Waals surface area contributed by atoms with Gasteiger partial charge in [-0.2, -0.15) is 5.10 Å². The number of aryl methyl sites for hydroxylation is 1. The Morgan fingerprint density at radius 2 is 2.08 bits per heavy atom. The van der Waals surface area contributed by atoms with Crippen LogP contribution in [0.5, 0.6) is 0 Å². The van der Waals surface area contributed by atoms with Crippen molar-refractivity contribution in [2.45, 2.75) is 32.5 Å². The molecule has 138 valence electrons. The quantitative estimate of drug-likeness (QED) is 0.783. The van der Waals surface area contributed by atoms with Crippen molar-refractivity contribution in [3.05, 3.63) is 48.0 Å². The van der Waals surface area contributed by atoms with E-state index in [0.717, 1.165) is 12.0 Å². The summed E-state index contributed by atoms with van der Waals surface area (Å²) in [5.74, 6) is -0.314. The van der Waals surface area contributed by atoms with E-state index in [2.05, 4.69) is 20.7 Å². The predicted molar refractivity (Wildman–Crippen MR) is 96.3 cm³/mol. The topological polar surface area (TPSA) is 92.2 Å². The van der Waals surface area contributed by atoms with Crippen LogP contribution in [0.15, 0.2) is 36.8 Å². The van der Waals surface area contributed by atoms with E-state index in [1.165, 1.54) is 0 Å². The Bertz CT molecular complexity index is 745. The van der Waals surface area contributed by atoms with E-state index in [4.69, 9.17) is 0 Å². The zero-order chi connectivity index (χ0) is 18.4. The molecule has 1 aliphatic rings. The van der Waals surface area contributed by atoms with Gasteiger partial charge in [0.05, 0.1) is 0 Å². The maximum Gasteiger partial charge on any atom is 0.272 e. The highest BCUT2D eigenvalue weighted by molar-refractivity contribution is 5.96. The first-order chi connectivity index (χ1) is 12.7. The summed E-state index contributed by atoms with van der Waals surface area (Å²) in [6.07, 6.45) is 5.89. The Hall–Kier alpha value is -2.74. The number of aromatic nitrogens is 3. The smallest absolute Gasteiger partial charge is 0.272 e. The van der Waals surface area contributed by atoms with Crippen molar-refractivity contribution in [1.29, 1.82) is 0 Å². The molecule has 0 aromatic carbocycles. The second-order valence-electron chi connectivity index (χ2n) is 6.23. The maximum absolute atomic E-state index is 13.0. The summed E-state index contributed by atoms with van der Waals surface area (Å²) in [5, 5.41) is 10.3. The monoisotopic (exact) mass is 356 g/mol. The van der Waals surface area contributed by atoms with Crippen molar-refractivity contribution < 1.29 is 9.59 Å². The van der Waals surface area contributed by atoms with Gasteiger partial charge in [-0.25, -0.2) is 0 Å². The van der Waals surface area contributed by atoms with Crippen molar-refractivity contribution >= 4 is 11.8 Å². The Morgan fingerprint density at radius 3 is 2.85 bits per heavy atom.